The van der Waals surface area contributed by atoms with Crippen molar-refractivity contribution < 1.29 is 43.2 Å². The molecule has 0 aromatic carbocycles. The van der Waals surface area contributed by atoms with E-state index in [0.717, 1.165) is 13.8 Å². The van der Waals surface area contributed by atoms with Gasteiger partial charge in [-0.15, -0.1) is 23.5 Å². The Morgan fingerprint density at radius 1 is 0.800 bits per heavy atom. The predicted octanol–water partition coefficient (Wildman–Crippen LogP) is 1.93. The third-order valence-corrected chi connectivity index (χ3v) is 6.62. The minimum absolute atomic E-state index is 0.107. The van der Waals surface area contributed by atoms with Crippen LogP contribution in [0.3, 0.4) is 0 Å². The van der Waals surface area contributed by atoms with Crippen molar-refractivity contribution in [3.8, 4) is 0 Å². The van der Waals surface area contributed by atoms with Crippen LogP contribution in [0.15, 0.2) is 0 Å². The molecule has 11 heteroatoms. The van der Waals surface area contributed by atoms with Crippen molar-refractivity contribution in [3.63, 3.8) is 0 Å². The lowest BCUT2D eigenvalue weighted by atomic mass is 10.0. The lowest BCUT2D eigenvalue weighted by Crippen LogP contribution is -2.50. The Kier molecular flexibility index (Phi) is 13.8. The highest BCUT2D eigenvalue weighted by Crippen LogP contribution is 2.42. The molecule has 0 saturated carbocycles. The summed E-state index contributed by atoms with van der Waals surface area (Å²) in [6.45, 7) is 7.94. The first-order chi connectivity index (χ1) is 14.0. The maximum atomic E-state index is 11.8. The van der Waals surface area contributed by atoms with Crippen LogP contribution in [0.2, 0.25) is 0 Å². The summed E-state index contributed by atoms with van der Waals surface area (Å²) in [5.74, 6) is -1.28. The normalized spacial score (nSPS) is 14.2. The Morgan fingerprint density at radius 3 is 1.63 bits per heavy atom. The van der Waals surface area contributed by atoms with Crippen LogP contribution >= 0.6 is 23.5 Å². The van der Waals surface area contributed by atoms with Crippen LogP contribution in [-0.2, 0) is 38.1 Å². The van der Waals surface area contributed by atoms with E-state index in [0.29, 0.717) is 11.5 Å². The van der Waals surface area contributed by atoms with Gasteiger partial charge in [-0.3, -0.25) is 19.2 Å². The third-order valence-electron chi connectivity index (χ3n) is 3.69. The summed E-state index contributed by atoms with van der Waals surface area (Å²) < 4.78 is 20.3. The highest BCUT2D eigenvalue weighted by atomic mass is 32.2. The first kappa shape index (κ1) is 28.5. The molecule has 9 nitrogen and oxygen atoms in total. The molecule has 0 heterocycles. The van der Waals surface area contributed by atoms with Gasteiger partial charge in [-0.2, -0.15) is 0 Å². The Hall–Kier alpha value is -1.46. The largest absolute Gasteiger partial charge is 0.462 e. The maximum absolute atomic E-state index is 11.8. The van der Waals surface area contributed by atoms with E-state index in [1.165, 1.54) is 37.4 Å². The number of hydrogen-bond donors (Lipinski definition) is 1. The summed E-state index contributed by atoms with van der Waals surface area (Å²) in [6.07, 6.45) is -3.39. The quantitative estimate of drug-likeness (QED) is 0.228. The van der Waals surface area contributed by atoms with Crippen molar-refractivity contribution in [1.82, 2.24) is 0 Å². The van der Waals surface area contributed by atoms with Gasteiger partial charge in [0.25, 0.3) is 0 Å². The van der Waals surface area contributed by atoms with Gasteiger partial charge in [0.15, 0.2) is 12.2 Å². The Balaban J connectivity index is 6.13. The molecule has 0 fully saturated rings. The maximum Gasteiger partial charge on any atom is 0.303 e. The van der Waals surface area contributed by atoms with Crippen LogP contribution in [0, 0.1) is 0 Å². The number of rotatable bonds is 14. The van der Waals surface area contributed by atoms with Crippen LogP contribution in [0.5, 0.6) is 0 Å². The van der Waals surface area contributed by atoms with E-state index in [2.05, 4.69) is 0 Å². The fourth-order valence-electron chi connectivity index (χ4n) is 2.78. The molecule has 0 rings (SSSR count). The molecule has 0 saturated heterocycles. The molecule has 0 bridgehead atoms. The van der Waals surface area contributed by atoms with Crippen LogP contribution in [-0.4, -0.2) is 76.1 Å². The Labute approximate surface area is 185 Å². The number of ether oxygens (including phenoxy) is 4. The van der Waals surface area contributed by atoms with Gasteiger partial charge in [0.1, 0.15) is 12.7 Å². The van der Waals surface area contributed by atoms with Gasteiger partial charge in [0.2, 0.25) is 0 Å². The first-order valence-corrected chi connectivity index (χ1v) is 11.5. The average molecular weight is 469 g/mol. The molecule has 0 aliphatic carbocycles. The molecule has 3 atom stereocenters. The summed E-state index contributed by atoms with van der Waals surface area (Å²) >= 11 is 2.94. The van der Waals surface area contributed by atoms with E-state index in [9.17, 15) is 24.3 Å². The lowest BCUT2D eigenvalue weighted by Gasteiger charge is -2.37. The lowest BCUT2D eigenvalue weighted by molar-refractivity contribution is -0.189. The molecule has 0 aliphatic heterocycles. The molecule has 0 spiro atoms. The third kappa shape index (κ3) is 11.1. The average Bonchev–Trinajstić information content (AvgIpc) is 2.62. The SMILES string of the molecule is CCSC(CO)(C[C@@H](OC(C)=O)[C@H](OC(C)=O)[C@@H](COC(C)=O)OC(C)=O)SCC. The second kappa shape index (κ2) is 14.5. The van der Waals surface area contributed by atoms with Crippen LogP contribution in [0.1, 0.15) is 48.0 Å². The molecular formula is C19H32O9S2. The molecule has 0 aliphatic rings. The van der Waals surface area contributed by atoms with Crippen LogP contribution in [0.4, 0.5) is 0 Å². The van der Waals surface area contributed by atoms with Crippen LogP contribution < -0.4 is 0 Å². The van der Waals surface area contributed by atoms with Gasteiger partial charge in [0.05, 0.1) is 10.7 Å². The predicted molar refractivity (Wildman–Crippen MR) is 114 cm³/mol. The van der Waals surface area contributed by atoms with Crippen molar-refractivity contribution in [1.29, 1.82) is 0 Å². The summed E-state index contributed by atoms with van der Waals surface area (Å²) in [5.41, 5.74) is 0. The zero-order valence-electron chi connectivity index (χ0n) is 18.3. The molecule has 1 N–H and O–H groups in total. The van der Waals surface area contributed by atoms with E-state index in [-0.39, 0.29) is 13.0 Å². The van der Waals surface area contributed by atoms with E-state index in [1.807, 2.05) is 13.8 Å². The Morgan fingerprint density at radius 2 is 1.27 bits per heavy atom. The summed E-state index contributed by atoms with van der Waals surface area (Å²) in [4.78, 5) is 46.5. The molecule has 30 heavy (non-hydrogen) atoms. The standard InChI is InChI=1S/C19H32O9S2/c1-7-29-19(11-20,30-8-2)9-16(26-13(4)22)18(28-15(6)24)17(27-14(5)23)10-25-12(3)21/h16-18,20H,7-11H2,1-6H3/t16-,17-,18+/m1/s1. The van der Waals surface area contributed by atoms with Crippen LogP contribution in [0.25, 0.3) is 0 Å². The number of carbonyl (C=O) groups excluding carboxylic acids is 4. The van der Waals surface area contributed by atoms with E-state index < -0.39 is 52.9 Å². The zero-order valence-corrected chi connectivity index (χ0v) is 19.9. The topological polar surface area (TPSA) is 125 Å². The number of aliphatic hydroxyl groups excluding tert-OH is 1. The van der Waals surface area contributed by atoms with E-state index in [4.69, 9.17) is 18.9 Å². The first-order valence-electron chi connectivity index (χ1n) is 9.54. The highest BCUT2D eigenvalue weighted by Gasteiger charge is 2.43. The second-order valence-electron chi connectivity index (χ2n) is 6.31. The van der Waals surface area contributed by atoms with Crippen molar-refractivity contribution in [2.75, 3.05) is 24.7 Å². The minimum atomic E-state index is -1.24. The summed E-state index contributed by atoms with van der Waals surface area (Å²) in [6, 6.07) is 0. The molecular weight excluding hydrogens is 436 g/mol. The van der Waals surface area contributed by atoms with E-state index in [1.54, 1.807) is 0 Å². The smallest absolute Gasteiger partial charge is 0.303 e. The number of esters is 4. The summed E-state index contributed by atoms with van der Waals surface area (Å²) in [5, 5.41) is 10.1. The van der Waals surface area contributed by atoms with Crippen molar-refractivity contribution in [2.45, 2.75) is 70.4 Å². The van der Waals surface area contributed by atoms with Crippen molar-refractivity contribution in [2.24, 2.45) is 0 Å². The molecule has 0 radical (unpaired) electrons. The molecule has 0 unspecified atom stereocenters. The number of thioether (sulfide) groups is 2. The zero-order chi connectivity index (χ0) is 23.3. The number of carbonyl (C=O) groups is 4. The molecule has 0 amide bonds. The number of hydrogen-bond acceptors (Lipinski definition) is 11. The van der Waals surface area contributed by atoms with Crippen molar-refractivity contribution >= 4 is 47.4 Å². The van der Waals surface area contributed by atoms with Gasteiger partial charge in [-0.1, -0.05) is 13.8 Å². The van der Waals surface area contributed by atoms with E-state index >= 15 is 0 Å². The molecule has 0 aromatic rings. The molecule has 174 valence electrons. The Bertz CT molecular complexity index is 576. The van der Waals surface area contributed by atoms with Gasteiger partial charge in [-0.25, -0.2) is 0 Å². The second-order valence-corrected chi connectivity index (χ2v) is 9.86. The summed E-state index contributed by atoms with van der Waals surface area (Å²) in [7, 11) is 0. The minimum Gasteiger partial charge on any atom is -0.462 e. The monoisotopic (exact) mass is 468 g/mol. The van der Waals surface area contributed by atoms with Gasteiger partial charge < -0.3 is 24.1 Å². The van der Waals surface area contributed by atoms with Crippen molar-refractivity contribution in [3.05, 3.63) is 0 Å². The fraction of sp³-hybridized carbons (Fsp3) is 0.789. The highest BCUT2D eigenvalue weighted by molar-refractivity contribution is 8.18. The molecule has 0 aromatic heterocycles. The van der Waals surface area contributed by atoms with Gasteiger partial charge in [0, 0.05) is 34.1 Å². The van der Waals surface area contributed by atoms with Gasteiger partial charge >= 0.3 is 23.9 Å². The number of aliphatic hydroxyl groups is 1. The fourth-order valence-corrected chi connectivity index (χ4v) is 5.62. The van der Waals surface area contributed by atoms with Gasteiger partial charge in [-0.05, 0) is 11.5 Å².